The largest absolute Gasteiger partial charge is 0.387 e. The van der Waals surface area contributed by atoms with E-state index < -0.39 is 5.60 Å². The number of carbonyl (C=O) groups is 1. The number of pyridine rings is 1. The number of hydrogen-bond acceptors (Lipinski definition) is 4. The Morgan fingerprint density at radius 2 is 1.97 bits per heavy atom. The average Bonchev–Trinajstić information content (AvgIpc) is 2.93. The number of fused-ring (bicyclic) bond motifs is 3. The number of nitrogens with one attached hydrogen (secondary N) is 1. The zero-order chi connectivity index (χ0) is 26.6. The Bertz CT molecular complexity index is 1260. The van der Waals surface area contributed by atoms with E-state index in [4.69, 9.17) is 4.74 Å². The summed E-state index contributed by atoms with van der Waals surface area (Å²) in [6.45, 7) is 5.64. The summed E-state index contributed by atoms with van der Waals surface area (Å²) in [5.41, 5.74) is 5.81. The number of amides is 1. The lowest BCUT2D eigenvalue weighted by atomic mass is 9.52. The molecule has 0 spiro atoms. The van der Waals surface area contributed by atoms with Crippen LogP contribution in [0.5, 0.6) is 0 Å². The van der Waals surface area contributed by atoms with Gasteiger partial charge in [-0.2, -0.15) is 0 Å². The van der Waals surface area contributed by atoms with E-state index >= 15 is 0 Å². The lowest BCUT2D eigenvalue weighted by Crippen LogP contribution is -2.53. The molecule has 2 aliphatic carbocycles. The summed E-state index contributed by atoms with van der Waals surface area (Å²) in [6, 6.07) is 20.9. The molecule has 2 N–H and O–H groups in total. The van der Waals surface area contributed by atoms with E-state index in [-0.39, 0.29) is 11.3 Å². The van der Waals surface area contributed by atoms with Crippen molar-refractivity contribution in [2.24, 2.45) is 5.92 Å². The highest BCUT2D eigenvalue weighted by Crippen LogP contribution is 2.54. The van der Waals surface area contributed by atoms with E-state index in [9.17, 15) is 9.90 Å². The number of ether oxygens (including phenoxy) is 1. The Labute approximate surface area is 226 Å². The summed E-state index contributed by atoms with van der Waals surface area (Å²) in [6.07, 6.45) is 8.01. The van der Waals surface area contributed by atoms with Crippen LogP contribution in [0.1, 0.15) is 77.3 Å². The molecule has 200 valence electrons. The first kappa shape index (κ1) is 26.6. The van der Waals surface area contributed by atoms with Crippen LogP contribution in [0.25, 0.3) is 0 Å². The molecule has 5 rings (SSSR count). The van der Waals surface area contributed by atoms with E-state index in [0.717, 1.165) is 56.2 Å². The van der Waals surface area contributed by atoms with Crippen molar-refractivity contribution in [3.05, 3.63) is 100 Å². The normalized spacial score (nSPS) is 24.3. The van der Waals surface area contributed by atoms with Crippen molar-refractivity contribution >= 4 is 5.91 Å². The number of aromatic nitrogens is 1. The van der Waals surface area contributed by atoms with Gasteiger partial charge in [-0.05, 0) is 98.2 Å². The van der Waals surface area contributed by atoms with Gasteiger partial charge in [-0.1, -0.05) is 49.4 Å². The molecule has 1 saturated carbocycles. The second-order valence-electron chi connectivity index (χ2n) is 11.3. The number of carbonyl (C=O) groups excluding carboxylic acids is 1. The topological polar surface area (TPSA) is 71.5 Å². The van der Waals surface area contributed by atoms with Gasteiger partial charge in [0.2, 0.25) is 0 Å². The summed E-state index contributed by atoms with van der Waals surface area (Å²) in [7, 11) is 0. The van der Waals surface area contributed by atoms with E-state index in [1.54, 1.807) is 6.20 Å². The van der Waals surface area contributed by atoms with Gasteiger partial charge >= 0.3 is 0 Å². The number of rotatable bonds is 9. The fourth-order valence-electron chi connectivity index (χ4n) is 6.71. The number of aliphatic hydroxyl groups is 1. The van der Waals surface area contributed by atoms with E-state index in [1.165, 1.54) is 16.7 Å². The molecule has 0 radical (unpaired) electrons. The molecule has 1 fully saturated rings. The van der Waals surface area contributed by atoms with Crippen molar-refractivity contribution in [1.29, 1.82) is 0 Å². The standard InChI is InChI=1S/C33H40N2O3/c1-3-18-38-23-32(37)15-16-33(20-25-8-5-4-6-9-25)29(21-32)13-11-26-19-27(12-14-30(26)33)31(36)35-22-28-10-7-17-34-24(28)2/h4-10,12,14,17,19,29,37H,3,11,13,15-16,18,20-23H2,1-2H3,(H,35,36)/t29-,32-,33+/m1/s1. The highest BCUT2D eigenvalue weighted by molar-refractivity contribution is 5.94. The van der Waals surface area contributed by atoms with Crippen molar-refractivity contribution in [1.82, 2.24) is 10.3 Å². The molecule has 1 amide bonds. The molecular formula is C33H40N2O3. The first-order valence-electron chi connectivity index (χ1n) is 14.1. The molecule has 1 heterocycles. The van der Waals surface area contributed by atoms with E-state index in [0.29, 0.717) is 31.2 Å². The smallest absolute Gasteiger partial charge is 0.251 e. The van der Waals surface area contributed by atoms with Gasteiger partial charge < -0.3 is 15.2 Å². The molecule has 0 unspecified atom stereocenters. The van der Waals surface area contributed by atoms with Gasteiger partial charge in [0.15, 0.2) is 0 Å². The molecular weight excluding hydrogens is 472 g/mol. The van der Waals surface area contributed by atoms with Crippen LogP contribution in [0.3, 0.4) is 0 Å². The summed E-state index contributed by atoms with van der Waals surface area (Å²) < 4.78 is 5.83. The number of nitrogens with zero attached hydrogens (tertiary/aromatic N) is 1. The van der Waals surface area contributed by atoms with Gasteiger partial charge in [0.25, 0.3) is 5.91 Å². The third-order valence-corrected chi connectivity index (χ3v) is 8.75. The fraction of sp³-hybridized carbons (Fsp3) is 0.455. The molecule has 2 aliphatic rings. The second-order valence-corrected chi connectivity index (χ2v) is 11.3. The van der Waals surface area contributed by atoms with Crippen molar-refractivity contribution in [3.63, 3.8) is 0 Å². The molecule has 3 atom stereocenters. The Kier molecular flexibility index (Phi) is 7.96. The lowest BCUT2D eigenvalue weighted by molar-refractivity contribution is -0.101. The quantitative estimate of drug-likeness (QED) is 0.361. The molecule has 5 heteroatoms. The van der Waals surface area contributed by atoms with Crippen molar-refractivity contribution < 1.29 is 14.6 Å². The monoisotopic (exact) mass is 512 g/mol. The molecule has 0 saturated heterocycles. The maximum Gasteiger partial charge on any atom is 0.251 e. The third kappa shape index (κ3) is 5.55. The van der Waals surface area contributed by atoms with Gasteiger partial charge in [-0.15, -0.1) is 0 Å². The van der Waals surface area contributed by atoms with Crippen molar-refractivity contribution in [3.8, 4) is 0 Å². The van der Waals surface area contributed by atoms with Crippen LogP contribution in [0, 0.1) is 12.8 Å². The minimum Gasteiger partial charge on any atom is -0.387 e. The number of hydrogen-bond donors (Lipinski definition) is 2. The van der Waals surface area contributed by atoms with Gasteiger partial charge in [0.1, 0.15) is 0 Å². The second kappa shape index (κ2) is 11.4. The number of benzene rings is 2. The van der Waals surface area contributed by atoms with Crippen LogP contribution < -0.4 is 5.32 Å². The van der Waals surface area contributed by atoms with Gasteiger partial charge in [0, 0.05) is 36.0 Å². The first-order valence-corrected chi connectivity index (χ1v) is 14.1. The Hall–Kier alpha value is -3.02. The Morgan fingerprint density at radius 3 is 2.76 bits per heavy atom. The predicted octanol–water partition coefficient (Wildman–Crippen LogP) is 5.70. The maximum atomic E-state index is 13.1. The average molecular weight is 513 g/mol. The Balaban J connectivity index is 1.40. The van der Waals surface area contributed by atoms with Gasteiger partial charge in [0.05, 0.1) is 12.2 Å². The van der Waals surface area contributed by atoms with E-state index in [2.05, 4.69) is 59.7 Å². The third-order valence-electron chi connectivity index (χ3n) is 8.75. The van der Waals surface area contributed by atoms with E-state index in [1.807, 2.05) is 25.1 Å². The highest BCUT2D eigenvalue weighted by Gasteiger charge is 2.51. The number of aryl methyl sites for hydroxylation is 2. The van der Waals surface area contributed by atoms with Crippen molar-refractivity contribution in [2.75, 3.05) is 13.2 Å². The molecule has 2 aromatic carbocycles. The minimum atomic E-state index is -0.762. The van der Waals surface area contributed by atoms with Crippen LogP contribution in [-0.2, 0) is 29.5 Å². The fourth-order valence-corrected chi connectivity index (χ4v) is 6.71. The van der Waals surface area contributed by atoms with Crippen LogP contribution in [0.4, 0.5) is 0 Å². The van der Waals surface area contributed by atoms with Crippen molar-refractivity contribution in [2.45, 2.75) is 76.4 Å². The summed E-state index contributed by atoms with van der Waals surface area (Å²) in [4.78, 5) is 17.4. The molecule has 1 aromatic heterocycles. The highest BCUT2D eigenvalue weighted by atomic mass is 16.5. The minimum absolute atomic E-state index is 0.0479. The maximum absolute atomic E-state index is 13.1. The van der Waals surface area contributed by atoms with Gasteiger partial charge in [-0.3, -0.25) is 9.78 Å². The first-order chi connectivity index (χ1) is 18.4. The SMILES string of the molecule is CCCOC[C@@]1(O)CC[C@@]2(Cc3ccccc3)c3ccc(C(=O)NCc4cccnc4C)cc3CC[C@@H]2C1. The molecule has 3 aromatic rings. The molecule has 5 nitrogen and oxygen atoms in total. The van der Waals surface area contributed by atoms with Gasteiger partial charge in [-0.25, -0.2) is 0 Å². The molecule has 0 bridgehead atoms. The molecule has 0 aliphatic heterocycles. The summed E-state index contributed by atoms with van der Waals surface area (Å²) >= 11 is 0. The van der Waals surface area contributed by atoms with Crippen LogP contribution in [-0.4, -0.2) is 34.8 Å². The summed E-state index contributed by atoms with van der Waals surface area (Å²) in [5.74, 6) is 0.314. The predicted molar refractivity (Wildman–Crippen MR) is 150 cm³/mol. The zero-order valence-electron chi connectivity index (χ0n) is 22.7. The molecule has 38 heavy (non-hydrogen) atoms. The van der Waals surface area contributed by atoms with Crippen LogP contribution in [0.15, 0.2) is 66.9 Å². The Morgan fingerprint density at radius 1 is 1.13 bits per heavy atom. The zero-order valence-corrected chi connectivity index (χ0v) is 22.7. The summed E-state index contributed by atoms with van der Waals surface area (Å²) in [5, 5.41) is 14.6. The lowest BCUT2D eigenvalue weighted by Gasteiger charge is -2.53. The van der Waals surface area contributed by atoms with Crippen LogP contribution >= 0.6 is 0 Å². The van der Waals surface area contributed by atoms with Crippen LogP contribution in [0.2, 0.25) is 0 Å².